The molecule has 0 aliphatic heterocycles. The number of allylic oxidation sites excluding steroid dienone is 2. The number of esters is 1. The molecular weight excluding hydrogens is 304 g/mol. The quantitative estimate of drug-likeness (QED) is 0.365. The van der Waals surface area contributed by atoms with E-state index in [2.05, 4.69) is 44.2 Å². The maximum absolute atomic E-state index is 10.0. The highest BCUT2D eigenvalue weighted by Gasteiger charge is 1.84. The molecule has 0 atom stereocenters. The highest BCUT2D eigenvalue weighted by molar-refractivity contribution is 5.81. The lowest BCUT2D eigenvalue weighted by Crippen LogP contribution is -1.90. The van der Waals surface area contributed by atoms with Gasteiger partial charge in [-0.25, -0.2) is 9.59 Å². The zero-order chi connectivity index (χ0) is 19.2. The van der Waals surface area contributed by atoms with Crippen molar-refractivity contribution in [1.82, 2.24) is 0 Å². The Morgan fingerprint density at radius 3 is 1.50 bits per heavy atom. The number of carboxylic acids is 1. The van der Waals surface area contributed by atoms with Crippen LogP contribution in [0.5, 0.6) is 0 Å². The number of carbonyl (C=O) groups is 2. The number of aliphatic carboxylic acids is 1. The van der Waals surface area contributed by atoms with Crippen molar-refractivity contribution < 1.29 is 19.4 Å². The third-order valence-corrected chi connectivity index (χ3v) is 1.74. The van der Waals surface area contributed by atoms with Crippen molar-refractivity contribution in [2.24, 2.45) is 0 Å². The molecule has 0 bridgehead atoms. The first-order valence-corrected chi connectivity index (χ1v) is 6.63. The zero-order valence-corrected chi connectivity index (χ0v) is 13.8. The molecule has 1 aromatic rings. The average molecular weight is 328 g/mol. The minimum Gasteiger partial charge on any atom is -0.478 e. The summed E-state index contributed by atoms with van der Waals surface area (Å²) in [7, 11) is 0. The lowest BCUT2D eigenvalue weighted by molar-refractivity contribution is -0.132. The summed E-state index contributed by atoms with van der Waals surface area (Å²) < 4.78 is 4.20. The van der Waals surface area contributed by atoms with Crippen LogP contribution in [-0.2, 0) is 14.3 Å². The first kappa shape index (κ1) is 25.5. The summed E-state index contributed by atoms with van der Waals surface area (Å²) >= 11 is 0. The smallest absolute Gasteiger partial charge is 0.334 e. The number of ether oxygens (including phenoxy) is 1. The number of hydrogen-bond acceptors (Lipinski definition) is 3. The van der Waals surface area contributed by atoms with Crippen LogP contribution in [-0.4, -0.2) is 17.0 Å². The molecule has 4 nitrogen and oxygen atoms in total. The van der Waals surface area contributed by atoms with Crippen molar-refractivity contribution in [3.63, 3.8) is 0 Å². The molecule has 0 aromatic heterocycles. The van der Waals surface area contributed by atoms with Crippen LogP contribution in [0.15, 0.2) is 100 Å². The fraction of sp³-hybridized carbons (Fsp3) is 0. The van der Waals surface area contributed by atoms with Crippen LogP contribution in [0.3, 0.4) is 0 Å². The third-order valence-electron chi connectivity index (χ3n) is 1.74. The van der Waals surface area contributed by atoms with Gasteiger partial charge in [-0.2, -0.15) is 0 Å². The number of rotatable bonds is 5. The van der Waals surface area contributed by atoms with Gasteiger partial charge in [-0.1, -0.05) is 88.0 Å². The van der Waals surface area contributed by atoms with E-state index in [9.17, 15) is 9.59 Å². The second-order valence-corrected chi connectivity index (χ2v) is 3.44. The van der Waals surface area contributed by atoms with E-state index in [1.165, 1.54) is 5.56 Å². The Balaban J connectivity index is -0.000000255. The monoisotopic (exact) mass is 328 g/mol. The Labute approximate surface area is 144 Å². The van der Waals surface area contributed by atoms with Crippen LogP contribution in [0.2, 0.25) is 0 Å². The Hall–Kier alpha value is -3.40. The molecule has 0 aliphatic carbocycles. The highest BCUT2D eigenvalue weighted by atomic mass is 16.5. The average Bonchev–Trinajstić information content (AvgIpc) is 2.63. The number of carbonyl (C=O) groups excluding carboxylic acids is 1. The zero-order valence-electron chi connectivity index (χ0n) is 13.8. The predicted octanol–water partition coefficient (Wildman–Crippen LogP) is 4.80. The topological polar surface area (TPSA) is 63.6 Å². The second kappa shape index (κ2) is 21.9. The molecule has 0 saturated heterocycles. The standard InChI is InChI=1S/C8H8.C5H6O2.C4H6.C3H4O2/c1-2-8-6-4-3-5-7-8;1-3-5(6)7-4-2;1-3-4-2;1-2-3(4)5/h2-7H,1H2;3-4H,1-2H2;3-4H,1-2H2;2H,1H2,(H,4,5). The van der Waals surface area contributed by atoms with E-state index in [0.29, 0.717) is 0 Å². The maximum atomic E-state index is 10.0. The van der Waals surface area contributed by atoms with Gasteiger partial charge >= 0.3 is 11.9 Å². The Morgan fingerprint density at radius 2 is 1.33 bits per heavy atom. The van der Waals surface area contributed by atoms with E-state index in [-0.39, 0.29) is 0 Å². The van der Waals surface area contributed by atoms with E-state index < -0.39 is 11.9 Å². The van der Waals surface area contributed by atoms with E-state index >= 15 is 0 Å². The summed E-state index contributed by atoms with van der Waals surface area (Å²) in [4.78, 5) is 19.3. The lowest BCUT2D eigenvalue weighted by atomic mass is 10.2. The van der Waals surface area contributed by atoms with Crippen LogP contribution in [0.4, 0.5) is 0 Å². The van der Waals surface area contributed by atoms with Crippen LogP contribution in [0.1, 0.15) is 5.56 Å². The molecular formula is C20H24O4. The number of hydrogen-bond donors (Lipinski definition) is 1. The third kappa shape index (κ3) is 27.0. The molecule has 0 spiro atoms. The van der Waals surface area contributed by atoms with Gasteiger partial charge in [-0.05, 0) is 5.56 Å². The molecule has 0 unspecified atom stereocenters. The van der Waals surface area contributed by atoms with Gasteiger partial charge < -0.3 is 9.84 Å². The Kier molecular flexibility index (Phi) is 23.3. The minimum atomic E-state index is -0.981. The summed E-state index contributed by atoms with van der Waals surface area (Å²) in [6, 6.07) is 10.0. The fourth-order valence-corrected chi connectivity index (χ4v) is 0.719. The Morgan fingerprint density at radius 1 is 0.875 bits per heavy atom. The summed E-state index contributed by atoms with van der Waals surface area (Å²) in [5.74, 6) is -1.46. The minimum absolute atomic E-state index is 0.477. The first-order chi connectivity index (χ1) is 11.4. The van der Waals surface area contributed by atoms with Crippen LogP contribution < -0.4 is 0 Å². The molecule has 24 heavy (non-hydrogen) atoms. The predicted molar refractivity (Wildman–Crippen MR) is 101 cm³/mol. The van der Waals surface area contributed by atoms with Crippen molar-refractivity contribution in [1.29, 1.82) is 0 Å². The van der Waals surface area contributed by atoms with Gasteiger partial charge in [0.25, 0.3) is 0 Å². The SMILES string of the molecule is C=CC(=O)O.C=CC=C.C=COC(=O)C=C.C=Cc1ccccc1. The van der Waals surface area contributed by atoms with Crippen molar-refractivity contribution in [2.45, 2.75) is 0 Å². The van der Waals surface area contributed by atoms with Crippen molar-refractivity contribution >= 4 is 18.0 Å². The molecule has 0 radical (unpaired) electrons. The summed E-state index contributed by atoms with van der Waals surface area (Å²) in [5, 5.41) is 7.60. The van der Waals surface area contributed by atoms with E-state index in [0.717, 1.165) is 18.4 Å². The van der Waals surface area contributed by atoms with Gasteiger partial charge in [0.15, 0.2) is 0 Å². The molecule has 0 amide bonds. The van der Waals surface area contributed by atoms with Gasteiger partial charge in [0.1, 0.15) is 0 Å². The van der Waals surface area contributed by atoms with Gasteiger partial charge in [-0.15, -0.1) is 0 Å². The Bertz CT molecular complexity index is 522. The molecule has 128 valence electrons. The van der Waals surface area contributed by atoms with E-state index in [1.807, 2.05) is 36.4 Å². The number of benzene rings is 1. The van der Waals surface area contributed by atoms with Gasteiger partial charge in [0.2, 0.25) is 0 Å². The highest BCUT2D eigenvalue weighted by Crippen LogP contribution is 1.97. The largest absolute Gasteiger partial charge is 0.478 e. The lowest BCUT2D eigenvalue weighted by Gasteiger charge is -1.85. The van der Waals surface area contributed by atoms with E-state index in [1.54, 1.807) is 12.2 Å². The summed E-state index contributed by atoms with van der Waals surface area (Å²) in [6.45, 7) is 19.6. The first-order valence-electron chi connectivity index (χ1n) is 6.63. The van der Waals surface area contributed by atoms with Crippen LogP contribution >= 0.6 is 0 Å². The molecule has 0 heterocycles. The normalized spacial score (nSPS) is 7.00. The molecule has 4 heteroatoms. The van der Waals surface area contributed by atoms with Crippen molar-refractivity contribution in [3.8, 4) is 0 Å². The molecule has 1 rings (SSSR count). The van der Waals surface area contributed by atoms with Gasteiger partial charge in [0.05, 0.1) is 6.26 Å². The van der Waals surface area contributed by atoms with E-state index in [4.69, 9.17) is 5.11 Å². The molecule has 0 saturated carbocycles. The van der Waals surface area contributed by atoms with Gasteiger partial charge in [0, 0.05) is 12.2 Å². The van der Waals surface area contributed by atoms with Gasteiger partial charge in [-0.3, -0.25) is 0 Å². The molecule has 0 fully saturated rings. The maximum Gasteiger partial charge on any atom is 0.334 e. The second-order valence-electron chi connectivity index (χ2n) is 3.44. The van der Waals surface area contributed by atoms with Crippen LogP contribution in [0.25, 0.3) is 6.08 Å². The molecule has 0 aliphatic rings. The fourth-order valence-electron chi connectivity index (χ4n) is 0.719. The molecule has 1 aromatic carbocycles. The number of carboxylic acid groups (broad SMARTS) is 1. The summed E-state index contributed by atoms with van der Waals surface area (Å²) in [6.07, 6.45) is 8.08. The van der Waals surface area contributed by atoms with Crippen LogP contribution in [0, 0.1) is 0 Å². The van der Waals surface area contributed by atoms with Crippen molar-refractivity contribution in [2.75, 3.05) is 0 Å². The summed E-state index contributed by atoms with van der Waals surface area (Å²) in [5.41, 5.74) is 1.17. The van der Waals surface area contributed by atoms with Crippen molar-refractivity contribution in [3.05, 3.63) is 106 Å². The molecule has 1 N–H and O–H groups in total.